The number of benzene rings is 1. The molecule has 0 bridgehead atoms. The Balaban J connectivity index is 2.88. The first-order valence-electron chi connectivity index (χ1n) is 7.19. The van der Waals surface area contributed by atoms with Gasteiger partial charge in [-0.2, -0.15) is 0 Å². The van der Waals surface area contributed by atoms with E-state index in [1.54, 1.807) is 0 Å². The van der Waals surface area contributed by atoms with E-state index in [9.17, 15) is 8.42 Å². The molecule has 0 aromatic heterocycles. The van der Waals surface area contributed by atoms with Crippen molar-refractivity contribution in [3.63, 3.8) is 0 Å². The van der Waals surface area contributed by atoms with Crippen LogP contribution in [0.15, 0.2) is 18.2 Å². The molecule has 0 aliphatic rings. The molecule has 5 heteroatoms. The van der Waals surface area contributed by atoms with E-state index in [1.807, 2.05) is 26.0 Å². The van der Waals surface area contributed by atoms with Gasteiger partial charge in [0.25, 0.3) is 0 Å². The normalized spacial score (nSPS) is 14.0. The lowest BCUT2D eigenvalue weighted by atomic mass is 9.85. The third-order valence-corrected chi connectivity index (χ3v) is 4.68. The Morgan fingerprint density at radius 1 is 1.29 bits per heavy atom. The molecule has 1 rings (SSSR count). The minimum absolute atomic E-state index is 0.0262. The Bertz CT molecular complexity index is 574. The number of aryl methyl sites for hydroxylation is 1. The summed E-state index contributed by atoms with van der Waals surface area (Å²) < 4.78 is 28.3. The summed E-state index contributed by atoms with van der Waals surface area (Å²) in [5.74, 6) is 0.669. The minimum atomic E-state index is -3.49. The van der Waals surface area contributed by atoms with Gasteiger partial charge in [-0.3, -0.25) is 0 Å². The molecule has 1 atom stereocenters. The van der Waals surface area contributed by atoms with Crippen LogP contribution in [0.25, 0.3) is 0 Å². The van der Waals surface area contributed by atoms with Crippen LogP contribution < -0.4 is 4.74 Å². The summed E-state index contributed by atoms with van der Waals surface area (Å²) in [6.07, 6.45) is 0.711. The monoisotopic (exact) mass is 332 g/mol. The van der Waals surface area contributed by atoms with E-state index in [0.717, 1.165) is 11.3 Å². The quantitative estimate of drug-likeness (QED) is 0.731. The van der Waals surface area contributed by atoms with Gasteiger partial charge < -0.3 is 4.74 Å². The summed E-state index contributed by atoms with van der Waals surface area (Å²) in [5, 5.41) is 0. The fraction of sp³-hybridized carbons (Fsp3) is 0.625. The Labute approximate surface area is 133 Å². The zero-order valence-corrected chi connectivity index (χ0v) is 15.0. The van der Waals surface area contributed by atoms with E-state index in [0.29, 0.717) is 13.0 Å². The first-order valence-corrected chi connectivity index (χ1v) is 9.67. The van der Waals surface area contributed by atoms with Gasteiger partial charge in [-0.25, -0.2) is 8.42 Å². The first-order chi connectivity index (χ1) is 9.53. The average Bonchev–Trinajstić information content (AvgIpc) is 2.33. The highest BCUT2D eigenvalue weighted by Gasteiger charge is 2.21. The van der Waals surface area contributed by atoms with Gasteiger partial charge in [0.15, 0.2) is 0 Å². The molecule has 0 saturated heterocycles. The summed E-state index contributed by atoms with van der Waals surface area (Å²) in [4.78, 5) is 0. The Morgan fingerprint density at radius 3 is 2.38 bits per heavy atom. The number of ether oxygens (including phenoxy) is 1. The van der Waals surface area contributed by atoms with Crippen LogP contribution in [0.5, 0.6) is 5.75 Å². The van der Waals surface area contributed by atoms with Crippen LogP contribution in [0.1, 0.15) is 45.2 Å². The smallest absolute Gasteiger partial charge is 0.232 e. The van der Waals surface area contributed by atoms with Crippen molar-refractivity contribution in [2.45, 2.75) is 46.5 Å². The second kappa shape index (κ2) is 7.01. The van der Waals surface area contributed by atoms with Gasteiger partial charge in [0, 0.05) is 16.6 Å². The number of hydrogen-bond acceptors (Lipinski definition) is 3. The second-order valence-corrected chi connectivity index (χ2v) is 9.36. The summed E-state index contributed by atoms with van der Waals surface area (Å²) in [6, 6.07) is 6.08. The van der Waals surface area contributed by atoms with Gasteiger partial charge in [0.2, 0.25) is 9.05 Å². The predicted molar refractivity (Wildman–Crippen MR) is 88.8 cm³/mol. The summed E-state index contributed by atoms with van der Waals surface area (Å²) in [6.45, 7) is 10.7. The molecule has 1 aromatic rings. The highest BCUT2D eigenvalue weighted by atomic mass is 35.7. The Morgan fingerprint density at radius 2 is 1.90 bits per heavy atom. The highest BCUT2D eigenvalue weighted by Crippen LogP contribution is 2.32. The van der Waals surface area contributed by atoms with Crippen LogP contribution in [0, 0.1) is 12.8 Å². The van der Waals surface area contributed by atoms with E-state index >= 15 is 0 Å². The predicted octanol–water partition coefficient (Wildman–Crippen LogP) is 4.27. The number of halogens is 1. The lowest BCUT2D eigenvalue weighted by Crippen LogP contribution is -2.21. The molecule has 1 unspecified atom stereocenters. The SMILES string of the molecule is CCC(COc1ccc(C)cc1C(C)(C)C)CS(=O)(=O)Cl. The molecule has 21 heavy (non-hydrogen) atoms. The number of rotatable bonds is 6. The van der Waals surface area contributed by atoms with Crippen LogP contribution in [0.4, 0.5) is 0 Å². The van der Waals surface area contributed by atoms with E-state index in [1.165, 1.54) is 5.56 Å². The molecule has 0 amide bonds. The molecule has 0 saturated carbocycles. The van der Waals surface area contributed by atoms with E-state index < -0.39 is 9.05 Å². The molecule has 0 aliphatic heterocycles. The fourth-order valence-corrected chi connectivity index (χ4v) is 3.56. The van der Waals surface area contributed by atoms with Gasteiger partial charge in [-0.15, -0.1) is 0 Å². The fourth-order valence-electron chi connectivity index (χ4n) is 2.13. The highest BCUT2D eigenvalue weighted by molar-refractivity contribution is 8.13. The van der Waals surface area contributed by atoms with Crippen molar-refractivity contribution in [2.24, 2.45) is 5.92 Å². The Kier molecular flexibility index (Phi) is 6.11. The van der Waals surface area contributed by atoms with Gasteiger partial charge in [-0.05, 0) is 30.4 Å². The van der Waals surface area contributed by atoms with E-state index in [2.05, 4.69) is 26.8 Å². The lowest BCUT2D eigenvalue weighted by Gasteiger charge is -2.24. The van der Waals surface area contributed by atoms with Crippen LogP contribution >= 0.6 is 10.7 Å². The molecule has 0 radical (unpaired) electrons. The second-order valence-electron chi connectivity index (χ2n) is 6.54. The standard InChI is InChI=1S/C16H25ClO3S/c1-6-13(11-21(17,18)19)10-20-15-8-7-12(2)9-14(15)16(3,4)5/h7-9,13H,6,10-11H2,1-5H3. The number of hydrogen-bond donors (Lipinski definition) is 0. The van der Waals surface area contributed by atoms with E-state index in [-0.39, 0.29) is 17.1 Å². The molecule has 120 valence electrons. The summed E-state index contributed by atoms with van der Waals surface area (Å²) in [5.41, 5.74) is 2.29. The molecule has 1 aromatic carbocycles. The third-order valence-electron chi connectivity index (χ3n) is 3.43. The maximum absolute atomic E-state index is 11.2. The first kappa shape index (κ1) is 18.3. The van der Waals surface area contributed by atoms with Crippen molar-refractivity contribution in [2.75, 3.05) is 12.4 Å². The van der Waals surface area contributed by atoms with Crippen LogP contribution in [-0.4, -0.2) is 20.8 Å². The molecule has 0 aliphatic carbocycles. The average molecular weight is 333 g/mol. The zero-order valence-electron chi connectivity index (χ0n) is 13.4. The van der Waals surface area contributed by atoms with Crippen LogP contribution in [-0.2, 0) is 14.5 Å². The molecule has 3 nitrogen and oxygen atoms in total. The van der Waals surface area contributed by atoms with Crippen molar-refractivity contribution in [1.82, 2.24) is 0 Å². The van der Waals surface area contributed by atoms with Gasteiger partial charge >= 0.3 is 0 Å². The van der Waals surface area contributed by atoms with Crippen molar-refractivity contribution in [1.29, 1.82) is 0 Å². The van der Waals surface area contributed by atoms with Crippen LogP contribution in [0.3, 0.4) is 0 Å². The third kappa shape index (κ3) is 6.27. The topological polar surface area (TPSA) is 43.4 Å². The van der Waals surface area contributed by atoms with Crippen molar-refractivity contribution in [3.05, 3.63) is 29.3 Å². The molecule has 0 spiro atoms. The largest absolute Gasteiger partial charge is 0.493 e. The van der Waals surface area contributed by atoms with Crippen molar-refractivity contribution in [3.8, 4) is 5.75 Å². The molecule has 0 fully saturated rings. The van der Waals surface area contributed by atoms with Gasteiger partial charge in [-0.1, -0.05) is 45.4 Å². The maximum atomic E-state index is 11.2. The van der Waals surface area contributed by atoms with Gasteiger partial charge in [0.1, 0.15) is 5.75 Å². The molecular formula is C16H25ClO3S. The van der Waals surface area contributed by atoms with Crippen molar-refractivity contribution < 1.29 is 13.2 Å². The van der Waals surface area contributed by atoms with Gasteiger partial charge in [0.05, 0.1) is 12.4 Å². The van der Waals surface area contributed by atoms with E-state index in [4.69, 9.17) is 15.4 Å². The minimum Gasteiger partial charge on any atom is -0.493 e. The molecule has 0 N–H and O–H groups in total. The molecule has 0 heterocycles. The summed E-state index contributed by atoms with van der Waals surface area (Å²) >= 11 is 0. The Hall–Kier alpha value is -0.740. The lowest BCUT2D eigenvalue weighted by molar-refractivity contribution is 0.252. The van der Waals surface area contributed by atoms with Crippen LogP contribution in [0.2, 0.25) is 0 Å². The maximum Gasteiger partial charge on any atom is 0.232 e. The van der Waals surface area contributed by atoms with Crippen molar-refractivity contribution >= 4 is 19.7 Å². The zero-order chi connectivity index (χ0) is 16.3. The molecular weight excluding hydrogens is 308 g/mol. The summed E-state index contributed by atoms with van der Waals surface area (Å²) in [7, 11) is 1.84.